The number of hydrogen-bond acceptors (Lipinski definition) is 3. The molecule has 0 amide bonds. The van der Waals surface area contributed by atoms with Gasteiger partial charge in [-0.25, -0.2) is 9.37 Å². The highest BCUT2D eigenvalue weighted by atomic mass is 32.1. The SMILES string of the molecule is Cc1ncc(CNCCc2ccc(F)cc2C)s1. The molecule has 1 aromatic carbocycles. The fraction of sp³-hybridized carbons (Fsp3) is 0.357. The number of rotatable bonds is 5. The standard InChI is InChI=1S/C14H17FN2S/c1-10-7-13(15)4-3-12(10)5-6-16-8-14-9-17-11(2)18-14/h3-4,7,9,16H,5-6,8H2,1-2H3. The average Bonchev–Trinajstić information content (AvgIpc) is 2.73. The van der Waals surface area contributed by atoms with Crippen LogP contribution in [-0.4, -0.2) is 11.5 Å². The number of aryl methyl sites for hydroxylation is 2. The first-order valence-corrected chi connectivity index (χ1v) is 6.84. The van der Waals surface area contributed by atoms with Crippen LogP contribution in [0.5, 0.6) is 0 Å². The Bertz CT molecular complexity index is 522. The van der Waals surface area contributed by atoms with Crippen molar-refractivity contribution < 1.29 is 4.39 Å². The van der Waals surface area contributed by atoms with Gasteiger partial charge in [-0.2, -0.15) is 0 Å². The summed E-state index contributed by atoms with van der Waals surface area (Å²) < 4.78 is 12.9. The van der Waals surface area contributed by atoms with Gasteiger partial charge in [-0.05, 0) is 50.1 Å². The van der Waals surface area contributed by atoms with Gasteiger partial charge in [-0.15, -0.1) is 11.3 Å². The summed E-state index contributed by atoms with van der Waals surface area (Å²) in [6.45, 7) is 5.70. The van der Waals surface area contributed by atoms with Crippen molar-refractivity contribution in [1.29, 1.82) is 0 Å². The van der Waals surface area contributed by atoms with Gasteiger partial charge in [0.25, 0.3) is 0 Å². The summed E-state index contributed by atoms with van der Waals surface area (Å²) in [6.07, 6.45) is 2.83. The molecule has 0 unspecified atom stereocenters. The van der Waals surface area contributed by atoms with Crippen LogP contribution in [0.15, 0.2) is 24.4 Å². The maximum Gasteiger partial charge on any atom is 0.123 e. The van der Waals surface area contributed by atoms with Gasteiger partial charge >= 0.3 is 0 Å². The minimum Gasteiger partial charge on any atom is -0.311 e. The van der Waals surface area contributed by atoms with Crippen LogP contribution in [0.2, 0.25) is 0 Å². The Morgan fingerprint density at radius 1 is 1.33 bits per heavy atom. The Balaban J connectivity index is 1.78. The van der Waals surface area contributed by atoms with Gasteiger partial charge in [0.05, 0.1) is 5.01 Å². The molecule has 0 aliphatic rings. The van der Waals surface area contributed by atoms with E-state index in [2.05, 4.69) is 10.3 Å². The van der Waals surface area contributed by atoms with Crippen LogP contribution in [-0.2, 0) is 13.0 Å². The first kappa shape index (κ1) is 13.2. The number of aromatic nitrogens is 1. The Hall–Kier alpha value is -1.26. The molecule has 0 atom stereocenters. The number of nitrogens with zero attached hydrogens (tertiary/aromatic N) is 1. The molecule has 0 aliphatic carbocycles. The first-order chi connectivity index (χ1) is 8.65. The molecule has 1 heterocycles. The third-order valence-corrected chi connectivity index (χ3v) is 3.76. The maximum absolute atomic E-state index is 12.9. The van der Waals surface area contributed by atoms with Crippen LogP contribution in [0.1, 0.15) is 21.0 Å². The van der Waals surface area contributed by atoms with Gasteiger partial charge in [0.15, 0.2) is 0 Å². The predicted octanol–water partition coefficient (Wildman–Crippen LogP) is 3.23. The Morgan fingerprint density at radius 3 is 2.83 bits per heavy atom. The van der Waals surface area contributed by atoms with E-state index in [9.17, 15) is 4.39 Å². The van der Waals surface area contributed by atoms with Crippen LogP contribution in [0, 0.1) is 19.7 Å². The summed E-state index contributed by atoms with van der Waals surface area (Å²) in [5.74, 6) is -0.163. The summed E-state index contributed by atoms with van der Waals surface area (Å²) >= 11 is 1.72. The van der Waals surface area contributed by atoms with E-state index < -0.39 is 0 Å². The minimum atomic E-state index is -0.163. The van der Waals surface area contributed by atoms with Gasteiger partial charge < -0.3 is 5.32 Å². The number of benzene rings is 1. The zero-order valence-corrected chi connectivity index (χ0v) is 11.5. The third kappa shape index (κ3) is 3.62. The monoisotopic (exact) mass is 264 g/mol. The maximum atomic E-state index is 12.9. The second kappa shape index (κ2) is 6.07. The topological polar surface area (TPSA) is 24.9 Å². The molecular weight excluding hydrogens is 247 g/mol. The number of hydrogen-bond donors (Lipinski definition) is 1. The molecule has 1 aromatic heterocycles. The smallest absolute Gasteiger partial charge is 0.123 e. The summed E-state index contributed by atoms with van der Waals surface area (Å²) in [6, 6.07) is 4.97. The van der Waals surface area contributed by atoms with E-state index in [0.717, 1.165) is 30.1 Å². The fourth-order valence-corrected chi connectivity index (χ4v) is 2.63. The molecule has 18 heavy (non-hydrogen) atoms. The van der Waals surface area contributed by atoms with Crippen molar-refractivity contribution in [3.63, 3.8) is 0 Å². The Kier molecular flexibility index (Phi) is 4.44. The molecule has 1 N–H and O–H groups in total. The number of halogens is 1. The lowest BCUT2D eigenvalue weighted by molar-refractivity contribution is 0.624. The summed E-state index contributed by atoms with van der Waals surface area (Å²) in [4.78, 5) is 5.47. The van der Waals surface area contributed by atoms with Crippen LogP contribution < -0.4 is 5.32 Å². The molecule has 0 radical (unpaired) electrons. The van der Waals surface area contributed by atoms with Crippen molar-refractivity contribution >= 4 is 11.3 Å². The molecule has 96 valence electrons. The van der Waals surface area contributed by atoms with E-state index in [4.69, 9.17) is 0 Å². The van der Waals surface area contributed by atoms with Crippen LogP contribution in [0.3, 0.4) is 0 Å². The van der Waals surface area contributed by atoms with Gasteiger partial charge in [0, 0.05) is 17.6 Å². The molecule has 0 aliphatic heterocycles. The van der Waals surface area contributed by atoms with Gasteiger partial charge in [-0.1, -0.05) is 6.07 Å². The molecule has 2 aromatic rings. The molecule has 2 nitrogen and oxygen atoms in total. The lowest BCUT2D eigenvalue weighted by Gasteiger charge is -2.06. The average molecular weight is 264 g/mol. The normalized spacial score (nSPS) is 10.8. The van der Waals surface area contributed by atoms with Gasteiger partial charge in [0.1, 0.15) is 5.82 Å². The Morgan fingerprint density at radius 2 is 2.17 bits per heavy atom. The minimum absolute atomic E-state index is 0.163. The van der Waals surface area contributed by atoms with E-state index in [-0.39, 0.29) is 5.82 Å². The second-order valence-electron chi connectivity index (χ2n) is 4.34. The van der Waals surface area contributed by atoms with E-state index >= 15 is 0 Å². The van der Waals surface area contributed by atoms with Crippen molar-refractivity contribution in [2.45, 2.75) is 26.8 Å². The highest BCUT2D eigenvalue weighted by molar-refractivity contribution is 7.11. The zero-order chi connectivity index (χ0) is 13.0. The molecule has 0 saturated heterocycles. The first-order valence-electron chi connectivity index (χ1n) is 6.02. The van der Waals surface area contributed by atoms with E-state index in [1.165, 1.54) is 16.5 Å². The molecule has 0 bridgehead atoms. The number of thiazole rings is 1. The third-order valence-electron chi connectivity index (χ3n) is 2.84. The zero-order valence-electron chi connectivity index (χ0n) is 10.7. The molecule has 2 rings (SSSR count). The highest BCUT2D eigenvalue weighted by Crippen LogP contribution is 2.12. The largest absolute Gasteiger partial charge is 0.311 e. The summed E-state index contributed by atoms with van der Waals surface area (Å²) in [5, 5.41) is 4.48. The van der Waals surface area contributed by atoms with E-state index in [1.807, 2.05) is 26.1 Å². The molecule has 0 saturated carbocycles. The van der Waals surface area contributed by atoms with Crippen molar-refractivity contribution in [1.82, 2.24) is 10.3 Å². The van der Waals surface area contributed by atoms with Crippen molar-refractivity contribution in [3.8, 4) is 0 Å². The lowest BCUT2D eigenvalue weighted by Crippen LogP contribution is -2.16. The molecule has 4 heteroatoms. The summed E-state index contributed by atoms with van der Waals surface area (Å²) in [5.41, 5.74) is 2.22. The number of nitrogens with one attached hydrogen (secondary N) is 1. The molecule has 0 spiro atoms. The van der Waals surface area contributed by atoms with Crippen LogP contribution >= 0.6 is 11.3 Å². The van der Waals surface area contributed by atoms with E-state index in [0.29, 0.717) is 0 Å². The van der Waals surface area contributed by atoms with Gasteiger partial charge in [-0.3, -0.25) is 0 Å². The lowest BCUT2D eigenvalue weighted by atomic mass is 10.1. The molecular formula is C14H17FN2S. The van der Waals surface area contributed by atoms with Gasteiger partial charge in [0.2, 0.25) is 0 Å². The van der Waals surface area contributed by atoms with Crippen LogP contribution in [0.4, 0.5) is 4.39 Å². The highest BCUT2D eigenvalue weighted by Gasteiger charge is 2.01. The quantitative estimate of drug-likeness (QED) is 0.839. The molecule has 0 fully saturated rings. The van der Waals surface area contributed by atoms with E-state index in [1.54, 1.807) is 17.4 Å². The second-order valence-corrected chi connectivity index (χ2v) is 5.66. The summed E-state index contributed by atoms with van der Waals surface area (Å²) in [7, 11) is 0. The van der Waals surface area contributed by atoms with Crippen molar-refractivity contribution in [2.75, 3.05) is 6.54 Å². The fourth-order valence-electron chi connectivity index (χ4n) is 1.86. The Labute approximate surface area is 111 Å². The van der Waals surface area contributed by atoms with Crippen molar-refractivity contribution in [3.05, 3.63) is 51.2 Å². The van der Waals surface area contributed by atoms with Crippen molar-refractivity contribution in [2.24, 2.45) is 0 Å². The predicted molar refractivity (Wildman–Crippen MR) is 73.4 cm³/mol. The van der Waals surface area contributed by atoms with Crippen LogP contribution in [0.25, 0.3) is 0 Å².